The van der Waals surface area contributed by atoms with Crippen LogP contribution in [-0.4, -0.2) is 15.0 Å². The molecule has 3 aliphatic carbocycles. The van der Waals surface area contributed by atoms with E-state index in [2.05, 4.69) is 0 Å². The minimum Gasteiger partial charge on any atom is -0.456 e. The van der Waals surface area contributed by atoms with Crippen molar-refractivity contribution in [2.24, 2.45) is 5.41 Å². The van der Waals surface area contributed by atoms with Crippen LogP contribution in [-0.2, 0) is 5.41 Å². The fourth-order valence-corrected chi connectivity index (χ4v) is 9.72. The Kier molecular flexibility index (Phi) is 6.19. The number of aromatic nitrogens is 3. The zero-order chi connectivity index (χ0) is 46.0. The van der Waals surface area contributed by atoms with Gasteiger partial charge < -0.3 is 4.42 Å². The molecule has 9 aromatic rings. The van der Waals surface area contributed by atoms with E-state index in [0.29, 0.717) is 50.9 Å². The molecule has 7 aromatic carbocycles. The summed E-state index contributed by atoms with van der Waals surface area (Å²) in [5.74, 6) is 1.24. The third-order valence-corrected chi connectivity index (χ3v) is 12.8. The molecule has 0 unspecified atom stereocenters. The summed E-state index contributed by atoms with van der Waals surface area (Å²) in [4.78, 5) is 14.9. The zero-order valence-corrected chi connectivity index (χ0v) is 32.3. The maximum atomic E-state index is 9.89. The molecule has 2 spiro atoms. The van der Waals surface area contributed by atoms with Gasteiger partial charge in [-0.25, -0.2) is 15.0 Å². The van der Waals surface area contributed by atoms with Crippen LogP contribution in [0.1, 0.15) is 73.4 Å². The molecular formula is C55H43N3O. The predicted molar refractivity (Wildman–Crippen MR) is 240 cm³/mol. The summed E-state index contributed by atoms with van der Waals surface area (Å²) >= 11 is 0. The van der Waals surface area contributed by atoms with Crippen molar-refractivity contribution in [3.63, 3.8) is 0 Å². The summed E-state index contributed by atoms with van der Waals surface area (Å²) in [6.07, 6.45) is 0.0721. The quantitative estimate of drug-likeness (QED) is 0.175. The van der Waals surface area contributed by atoms with Gasteiger partial charge in [0.15, 0.2) is 17.5 Å². The molecule has 2 saturated carbocycles. The molecule has 4 nitrogen and oxygen atoms in total. The van der Waals surface area contributed by atoms with Gasteiger partial charge in [0.2, 0.25) is 0 Å². The van der Waals surface area contributed by atoms with Gasteiger partial charge in [0, 0.05) is 38.4 Å². The Bertz CT molecular complexity index is 3490. The minimum atomic E-state index is -1.97. The number of fused-ring (bicyclic) bond motifs is 8. The highest BCUT2D eigenvalue weighted by Crippen LogP contribution is 2.61. The Morgan fingerprint density at radius 3 is 1.90 bits per heavy atom. The summed E-state index contributed by atoms with van der Waals surface area (Å²) in [5, 5.41) is 1.99. The number of para-hydroxylation sites is 1. The van der Waals surface area contributed by atoms with Gasteiger partial charge in [0.25, 0.3) is 0 Å². The molecule has 4 heteroatoms. The fourth-order valence-electron chi connectivity index (χ4n) is 9.72. The highest BCUT2D eigenvalue weighted by Gasteiger charge is 2.49. The number of rotatable bonds is 5. The van der Waals surface area contributed by atoms with E-state index in [9.17, 15) is 9.60 Å². The summed E-state index contributed by atoms with van der Waals surface area (Å²) in [5.41, 5.74) is 5.27. The largest absolute Gasteiger partial charge is 0.456 e. The predicted octanol–water partition coefficient (Wildman–Crippen LogP) is 14.5. The first-order valence-corrected chi connectivity index (χ1v) is 20.5. The Hall–Kier alpha value is -6.65. The van der Waals surface area contributed by atoms with Gasteiger partial charge in [-0.05, 0) is 125 Å². The lowest BCUT2D eigenvalue weighted by Crippen LogP contribution is -2.35. The third-order valence-electron chi connectivity index (χ3n) is 12.8. The SMILES string of the molecule is [2H]c1c([2H])c(-c2cccc(-c3nc(-c4ccccc4)nc(-c4ccc5c(c4)oc4ccccc45)n3)c2)c([2H])c(-c2ccc3c(c2)C2(c4ccccc4-3)C([2H])([2H])CC3(CCCC3)CC2([2H])[2H])c1[2H]. The van der Waals surface area contributed by atoms with Crippen molar-refractivity contribution < 1.29 is 15.4 Å². The van der Waals surface area contributed by atoms with Crippen LogP contribution in [0, 0.1) is 5.41 Å². The van der Waals surface area contributed by atoms with Crippen molar-refractivity contribution in [2.45, 2.75) is 56.7 Å². The second-order valence-corrected chi connectivity index (χ2v) is 16.3. The molecule has 284 valence electrons. The second-order valence-electron chi connectivity index (χ2n) is 16.3. The Balaban J connectivity index is 0.996. The first-order valence-electron chi connectivity index (χ1n) is 24.5. The van der Waals surface area contributed by atoms with E-state index in [1.807, 2.05) is 109 Å². The fraction of sp³-hybridized carbons (Fsp3) is 0.182. The summed E-state index contributed by atoms with van der Waals surface area (Å²) in [6, 6.07) is 42.6. The molecule has 0 N–H and O–H groups in total. The standard InChI is InChI=1S/C55H43N3O/c1-2-12-36(13-3-1)51-56-52(58-53(57-51)42-23-25-46-45-19-5-7-21-49(45)59-50(46)35-42)41-17-11-16-39(33-41)37-14-10-15-38(32-37)40-22-24-44-43-18-4-6-20-47(43)55(48(44)34-40)30-28-54(29-31-55)26-8-9-27-54/h1-7,10-25,32-35H,8-9,26-31H2/i10D,14D,15D,30D2,31D2,32D. The van der Waals surface area contributed by atoms with Crippen LogP contribution >= 0.6 is 0 Å². The van der Waals surface area contributed by atoms with Gasteiger partial charge in [-0.1, -0.05) is 140 Å². The van der Waals surface area contributed by atoms with Crippen LogP contribution in [0.2, 0.25) is 0 Å². The Morgan fingerprint density at radius 2 is 1.08 bits per heavy atom. The van der Waals surface area contributed by atoms with Crippen LogP contribution in [0.3, 0.4) is 0 Å². The molecular weight excluding hydrogens is 719 g/mol. The van der Waals surface area contributed by atoms with Crippen molar-refractivity contribution in [2.75, 3.05) is 0 Å². The normalized spacial score (nSPS) is 19.9. The maximum absolute atomic E-state index is 9.89. The molecule has 0 aliphatic heterocycles. The molecule has 0 amide bonds. The average molecular weight is 770 g/mol. The summed E-state index contributed by atoms with van der Waals surface area (Å²) in [6.45, 7) is 0. The Labute approximate surface area is 355 Å². The van der Waals surface area contributed by atoms with E-state index in [4.69, 9.17) is 20.7 Å². The van der Waals surface area contributed by atoms with Crippen LogP contribution in [0.4, 0.5) is 0 Å². The van der Waals surface area contributed by atoms with E-state index in [-0.39, 0.29) is 48.1 Å². The lowest BCUT2D eigenvalue weighted by molar-refractivity contribution is 0.152. The highest BCUT2D eigenvalue weighted by molar-refractivity contribution is 6.05. The van der Waals surface area contributed by atoms with Crippen molar-refractivity contribution >= 4 is 21.9 Å². The van der Waals surface area contributed by atoms with Crippen LogP contribution in [0.25, 0.3) is 89.5 Å². The smallest absolute Gasteiger partial charge is 0.164 e. The third kappa shape index (κ3) is 5.68. The van der Waals surface area contributed by atoms with Crippen molar-refractivity contribution in [1.82, 2.24) is 15.0 Å². The number of hydrogen-bond acceptors (Lipinski definition) is 4. The summed E-state index contributed by atoms with van der Waals surface area (Å²) < 4.78 is 83.2. The molecule has 0 bridgehead atoms. The van der Waals surface area contributed by atoms with Gasteiger partial charge in [-0.3, -0.25) is 0 Å². The highest BCUT2D eigenvalue weighted by atomic mass is 16.3. The zero-order valence-electron chi connectivity index (χ0n) is 40.3. The van der Waals surface area contributed by atoms with Gasteiger partial charge in [-0.15, -0.1) is 0 Å². The first kappa shape index (κ1) is 27.1. The van der Waals surface area contributed by atoms with E-state index >= 15 is 0 Å². The molecule has 0 saturated heterocycles. The van der Waals surface area contributed by atoms with Crippen molar-refractivity contribution in [3.8, 4) is 67.5 Å². The molecule has 3 aliphatic rings. The molecule has 2 fully saturated rings. The van der Waals surface area contributed by atoms with Crippen LogP contribution in [0.5, 0.6) is 0 Å². The topological polar surface area (TPSA) is 51.8 Å². The van der Waals surface area contributed by atoms with Gasteiger partial charge in [-0.2, -0.15) is 0 Å². The molecule has 2 heterocycles. The molecule has 59 heavy (non-hydrogen) atoms. The molecule has 2 aromatic heterocycles. The van der Waals surface area contributed by atoms with E-state index in [1.165, 1.54) is 0 Å². The Morgan fingerprint density at radius 1 is 0.475 bits per heavy atom. The molecule has 12 rings (SSSR count). The van der Waals surface area contributed by atoms with Gasteiger partial charge in [0.1, 0.15) is 11.2 Å². The molecule has 0 atom stereocenters. The maximum Gasteiger partial charge on any atom is 0.164 e. The van der Waals surface area contributed by atoms with Gasteiger partial charge >= 0.3 is 0 Å². The van der Waals surface area contributed by atoms with E-state index in [0.717, 1.165) is 64.3 Å². The van der Waals surface area contributed by atoms with Crippen molar-refractivity contribution in [1.29, 1.82) is 0 Å². The lowest BCUT2D eigenvalue weighted by atomic mass is 9.59. The first-order chi connectivity index (χ1) is 32.3. The van der Waals surface area contributed by atoms with Crippen LogP contribution < -0.4 is 0 Å². The number of benzene rings is 7. The number of hydrogen-bond donors (Lipinski definition) is 0. The van der Waals surface area contributed by atoms with Crippen LogP contribution in [0.15, 0.2) is 168 Å². The minimum absolute atomic E-state index is 0.120. The van der Waals surface area contributed by atoms with E-state index in [1.54, 1.807) is 30.3 Å². The number of furan rings is 1. The summed E-state index contributed by atoms with van der Waals surface area (Å²) in [7, 11) is 0. The van der Waals surface area contributed by atoms with Gasteiger partial charge in [0.05, 0.1) is 5.48 Å². The number of nitrogens with zero attached hydrogens (tertiary/aromatic N) is 3. The monoisotopic (exact) mass is 769 g/mol. The molecule has 0 radical (unpaired) electrons. The van der Waals surface area contributed by atoms with Crippen molar-refractivity contribution in [3.05, 3.63) is 175 Å². The second kappa shape index (κ2) is 13.5. The van der Waals surface area contributed by atoms with E-state index < -0.39 is 23.6 Å². The average Bonchev–Trinajstić information content (AvgIpc) is 4.03. The lowest BCUT2D eigenvalue weighted by Gasteiger charge is -2.44.